The molecule has 1 N–H and O–H groups in total. The van der Waals surface area contributed by atoms with Gasteiger partial charge in [0.05, 0.1) is 0 Å². The minimum atomic E-state index is -4.09. The third kappa shape index (κ3) is 4.52. The van der Waals surface area contributed by atoms with Crippen LogP contribution in [0.5, 0.6) is 0 Å². The third-order valence-electron chi connectivity index (χ3n) is 9.64. The Labute approximate surface area is 233 Å². The minimum absolute atomic E-state index is 0.0232. The van der Waals surface area contributed by atoms with Gasteiger partial charge in [-0.15, -0.1) is 0 Å². The quantitative estimate of drug-likeness (QED) is 0.295. The van der Waals surface area contributed by atoms with E-state index in [-0.39, 0.29) is 26.6 Å². The first-order valence-electron chi connectivity index (χ1n) is 13.8. The SMILES string of the molecule is CCC1(CC)CC(C)(C)c2c1cc1c(c2I(O)OS(=O)(=O)c2ccc(C)cc2)C(C)(C)CC1(CC)CC. The van der Waals surface area contributed by atoms with Crippen molar-refractivity contribution in [2.24, 2.45) is 0 Å². The molecule has 2 aromatic rings. The number of benzene rings is 2. The van der Waals surface area contributed by atoms with Gasteiger partial charge in [-0.05, 0) is 0 Å². The molecule has 0 aliphatic heterocycles. The van der Waals surface area contributed by atoms with Crippen LogP contribution in [0.3, 0.4) is 0 Å². The first kappa shape index (κ1) is 29.0. The topological polar surface area (TPSA) is 63.6 Å². The van der Waals surface area contributed by atoms with E-state index < -0.39 is 30.8 Å². The first-order chi connectivity index (χ1) is 17.1. The zero-order valence-electron chi connectivity index (χ0n) is 24.1. The van der Waals surface area contributed by atoms with Gasteiger partial charge in [-0.3, -0.25) is 0 Å². The summed E-state index contributed by atoms with van der Waals surface area (Å²) in [4.78, 5) is 0.102. The van der Waals surface area contributed by atoms with Gasteiger partial charge in [0.15, 0.2) is 0 Å². The van der Waals surface area contributed by atoms with Crippen molar-refractivity contribution < 1.29 is 14.4 Å². The Morgan fingerprint density at radius 3 is 1.59 bits per heavy atom. The van der Waals surface area contributed by atoms with Crippen LogP contribution in [0, 0.1) is 10.5 Å². The van der Waals surface area contributed by atoms with Crippen molar-refractivity contribution in [3.63, 3.8) is 0 Å². The summed E-state index contributed by atoms with van der Waals surface area (Å²) in [5, 5.41) is 0. The van der Waals surface area contributed by atoms with Crippen molar-refractivity contribution in [2.75, 3.05) is 0 Å². The summed E-state index contributed by atoms with van der Waals surface area (Å²) in [6.07, 6.45) is 6.09. The molecule has 4 nitrogen and oxygen atoms in total. The van der Waals surface area contributed by atoms with E-state index in [1.807, 2.05) is 6.92 Å². The Kier molecular flexibility index (Phi) is 7.53. The predicted octanol–water partition coefficient (Wildman–Crippen LogP) is 8.38. The van der Waals surface area contributed by atoms with Crippen LogP contribution in [0.15, 0.2) is 35.2 Å². The molecule has 0 atom stereocenters. The van der Waals surface area contributed by atoms with Crippen LogP contribution in [0.25, 0.3) is 0 Å². The van der Waals surface area contributed by atoms with Crippen molar-refractivity contribution in [1.82, 2.24) is 0 Å². The molecule has 37 heavy (non-hydrogen) atoms. The normalized spacial score (nSPS) is 21.0. The van der Waals surface area contributed by atoms with E-state index in [9.17, 15) is 11.9 Å². The van der Waals surface area contributed by atoms with Gasteiger partial charge in [-0.1, -0.05) is 0 Å². The number of fused-ring (bicyclic) bond motifs is 2. The summed E-state index contributed by atoms with van der Waals surface area (Å²) in [5.41, 5.74) is 5.65. The fraction of sp³-hybridized carbons (Fsp3) is 0.613. The Bertz CT molecular complexity index is 1230. The summed E-state index contributed by atoms with van der Waals surface area (Å²) >= 11 is -3.60. The van der Waals surface area contributed by atoms with Crippen LogP contribution in [-0.4, -0.2) is 11.9 Å². The number of halogens is 1. The van der Waals surface area contributed by atoms with Crippen LogP contribution in [0.2, 0.25) is 0 Å². The molecule has 0 bridgehead atoms. The molecule has 0 saturated carbocycles. The second kappa shape index (κ2) is 9.60. The van der Waals surface area contributed by atoms with Gasteiger partial charge in [0.25, 0.3) is 0 Å². The molecular formula is C31H45IO4S. The molecule has 0 radical (unpaired) electrons. The van der Waals surface area contributed by atoms with E-state index in [2.05, 4.69) is 61.5 Å². The number of hydrogen-bond acceptors (Lipinski definition) is 4. The standard InChI is InChI=1S/C31H45IO4S/c1-10-30(11-2)19-28(6,7)25-23(30)18-24-26(29(8,9)20-31(24,12-3)13-4)27(25)32(33)36-37(34,35)22-16-14-21(5)15-17-22/h14-18,33H,10-13,19-20H2,1-9H3. The second-order valence-corrected chi connectivity index (χ2v) is 17.7. The van der Waals surface area contributed by atoms with Crippen LogP contribution < -0.4 is 0 Å². The maximum atomic E-state index is 13.4. The molecule has 0 aromatic heterocycles. The summed E-state index contributed by atoms with van der Waals surface area (Å²) in [6.45, 7) is 20.1. The first-order valence-corrected chi connectivity index (χ1v) is 18.1. The molecule has 0 fully saturated rings. The van der Waals surface area contributed by atoms with E-state index >= 15 is 0 Å². The summed E-state index contributed by atoms with van der Waals surface area (Å²) in [5.74, 6) is 0. The molecule has 206 valence electrons. The number of aryl methyl sites for hydroxylation is 1. The fourth-order valence-electron chi connectivity index (χ4n) is 7.64. The molecule has 2 aliphatic rings. The molecule has 0 amide bonds. The average Bonchev–Trinajstić information content (AvgIpc) is 3.22. The Balaban J connectivity index is 2.02. The van der Waals surface area contributed by atoms with Crippen LogP contribution in [0.4, 0.5) is 0 Å². The molecule has 4 rings (SSSR count). The average molecular weight is 641 g/mol. The Morgan fingerprint density at radius 1 is 0.811 bits per heavy atom. The summed E-state index contributed by atoms with van der Waals surface area (Å²) in [6, 6.07) is 9.16. The molecule has 2 aliphatic carbocycles. The monoisotopic (exact) mass is 640 g/mol. The zero-order chi connectivity index (χ0) is 27.6. The van der Waals surface area contributed by atoms with Gasteiger partial charge in [0.2, 0.25) is 0 Å². The van der Waals surface area contributed by atoms with E-state index in [1.54, 1.807) is 24.3 Å². The Hall–Kier alpha value is -0.960. The molecule has 2 aromatic carbocycles. The predicted molar refractivity (Wildman–Crippen MR) is 161 cm³/mol. The molecule has 6 heteroatoms. The summed E-state index contributed by atoms with van der Waals surface area (Å²) < 4.78 is 45.4. The third-order valence-corrected chi connectivity index (χ3v) is 15.2. The van der Waals surface area contributed by atoms with Crippen molar-refractivity contribution in [1.29, 1.82) is 0 Å². The van der Waals surface area contributed by atoms with Gasteiger partial charge in [-0.2, -0.15) is 0 Å². The van der Waals surface area contributed by atoms with Crippen LogP contribution in [0.1, 0.15) is 122 Å². The van der Waals surface area contributed by atoms with Gasteiger partial charge >= 0.3 is 234 Å². The molecule has 0 saturated heterocycles. The van der Waals surface area contributed by atoms with Crippen LogP contribution in [-0.2, 0) is 34.3 Å². The van der Waals surface area contributed by atoms with Crippen molar-refractivity contribution in [2.45, 2.75) is 127 Å². The second-order valence-electron chi connectivity index (χ2n) is 12.7. The van der Waals surface area contributed by atoms with Gasteiger partial charge in [-0.25, -0.2) is 0 Å². The van der Waals surface area contributed by atoms with E-state index in [4.69, 9.17) is 2.51 Å². The van der Waals surface area contributed by atoms with Crippen molar-refractivity contribution in [3.05, 3.63) is 61.7 Å². The van der Waals surface area contributed by atoms with Crippen molar-refractivity contribution in [3.8, 4) is 0 Å². The zero-order valence-corrected chi connectivity index (χ0v) is 27.1. The maximum absolute atomic E-state index is 13.4. The number of hydrogen-bond donors (Lipinski definition) is 1. The van der Waals surface area contributed by atoms with Crippen molar-refractivity contribution >= 4 is 30.8 Å². The molecule has 0 heterocycles. The summed E-state index contributed by atoms with van der Waals surface area (Å²) in [7, 11) is -4.09. The molecule has 0 unspecified atom stereocenters. The van der Waals surface area contributed by atoms with E-state index in [1.165, 1.54) is 11.1 Å². The number of rotatable bonds is 8. The molecular weight excluding hydrogens is 595 g/mol. The van der Waals surface area contributed by atoms with Gasteiger partial charge in [0.1, 0.15) is 0 Å². The molecule has 0 spiro atoms. The Morgan fingerprint density at radius 2 is 1.22 bits per heavy atom. The van der Waals surface area contributed by atoms with E-state index in [0.717, 1.165) is 58.8 Å². The van der Waals surface area contributed by atoms with Gasteiger partial charge < -0.3 is 0 Å². The van der Waals surface area contributed by atoms with E-state index in [0.29, 0.717) is 0 Å². The van der Waals surface area contributed by atoms with Gasteiger partial charge in [0, 0.05) is 0 Å². The van der Waals surface area contributed by atoms with Crippen LogP contribution >= 0.6 is 20.6 Å². The fourth-order valence-corrected chi connectivity index (χ4v) is 13.9.